The van der Waals surface area contributed by atoms with Crippen molar-refractivity contribution in [2.45, 2.75) is 13.0 Å². The van der Waals surface area contributed by atoms with Gasteiger partial charge in [0, 0.05) is 43.9 Å². The van der Waals surface area contributed by atoms with Crippen molar-refractivity contribution in [3.8, 4) is 11.5 Å². The van der Waals surface area contributed by atoms with Crippen molar-refractivity contribution in [2.24, 2.45) is 5.92 Å². The summed E-state index contributed by atoms with van der Waals surface area (Å²) >= 11 is 0. The molecule has 1 aliphatic heterocycles. The summed E-state index contributed by atoms with van der Waals surface area (Å²) in [6, 6.07) is 5.75. The fraction of sp³-hybridized carbons (Fsp3) is 0.438. The molecule has 0 aliphatic carbocycles. The van der Waals surface area contributed by atoms with Crippen LogP contribution in [0.15, 0.2) is 36.8 Å². The lowest BCUT2D eigenvalue weighted by Gasteiger charge is -2.19. The molecule has 0 bridgehead atoms. The number of hydrogen-bond acceptors (Lipinski definition) is 5. The van der Waals surface area contributed by atoms with E-state index in [-0.39, 0.29) is 0 Å². The minimum atomic E-state index is 0.656. The molecule has 0 amide bonds. The lowest BCUT2D eigenvalue weighted by atomic mass is 10.1. The van der Waals surface area contributed by atoms with Gasteiger partial charge < -0.3 is 9.64 Å². The van der Waals surface area contributed by atoms with Gasteiger partial charge in [-0.25, -0.2) is 9.97 Å². The molecule has 3 rings (SSSR count). The number of hydrogen-bond donors (Lipinski definition) is 0. The van der Waals surface area contributed by atoms with Crippen LogP contribution >= 0.6 is 0 Å². The average molecular weight is 284 g/mol. The number of nitrogens with zero attached hydrogens (tertiary/aromatic N) is 4. The van der Waals surface area contributed by atoms with Crippen LogP contribution < -0.4 is 0 Å². The van der Waals surface area contributed by atoms with E-state index in [1.807, 2.05) is 30.6 Å². The van der Waals surface area contributed by atoms with Crippen molar-refractivity contribution < 1.29 is 4.74 Å². The molecule has 0 spiro atoms. The highest BCUT2D eigenvalue weighted by atomic mass is 16.5. The van der Waals surface area contributed by atoms with Crippen LogP contribution in [0.4, 0.5) is 0 Å². The van der Waals surface area contributed by atoms with Gasteiger partial charge in [-0.15, -0.1) is 0 Å². The zero-order chi connectivity index (χ0) is 14.5. The van der Waals surface area contributed by atoms with E-state index < -0.39 is 0 Å². The monoisotopic (exact) mass is 284 g/mol. The summed E-state index contributed by atoms with van der Waals surface area (Å²) in [4.78, 5) is 15.4. The molecule has 5 nitrogen and oxygen atoms in total. The highest BCUT2D eigenvalue weighted by Crippen LogP contribution is 2.15. The molecular formula is C16H20N4O. The summed E-state index contributed by atoms with van der Waals surface area (Å²) in [6.07, 6.45) is 6.70. The molecule has 1 saturated heterocycles. The molecule has 3 heterocycles. The Morgan fingerprint density at radius 1 is 1.24 bits per heavy atom. The number of pyridine rings is 1. The Kier molecular flexibility index (Phi) is 4.52. The van der Waals surface area contributed by atoms with Crippen molar-refractivity contribution in [3.05, 3.63) is 42.4 Å². The van der Waals surface area contributed by atoms with E-state index in [0.29, 0.717) is 11.7 Å². The first-order chi connectivity index (χ1) is 10.3. The van der Waals surface area contributed by atoms with Gasteiger partial charge in [-0.05, 0) is 31.5 Å². The highest BCUT2D eigenvalue weighted by Gasteiger charge is 2.17. The van der Waals surface area contributed by atoms with E-state index in [0.717, 1.165) is 37.6 Å². The summed E-state index contributed by atoms with van der Waals surface area (Å²) in [5.41, 5.74) is 1.93. The lowest BCUT2D eigenvalue weighted by molar-refractivity contribution is 0.173. The molecular weight excluding hydrogens is 264 g/mol. The van der Waals surface area contributed by atoms with E-state index in [2.05, 4.69) is 26.9 Å². The molecule has 2 aromatic heterocycles. The Morgan fingerprint density at radius 3 is 2.76 bits per heavy atom. The third-order valence-electron chi connectivity index (χ3n) is 3.65. The van der Waals surface area contributed by atoms with Crippen LogP contribution in [0.2, 0.25) is 0 Å². The number of rotatable bonds is 5. The predicted octanol–water partition coefficient (Wildman–Crippen LogP) is 2.01. The summed E-state index contributed by atoms with van der Waals surface area (Å²) in [7, 11) is 2.13. The fourth-order valence-corrected chi connectivity index (χ4v) is 2.61. The van der Waals surface area contributed by atoms with Crippen LogP contribution in [0.5, 0.6) is 0 Å². The van der Waals surface area contributed by atoms with Gasteiger partial charge in [-0.3, -0.25) is 4.98 Å². The second-order valence-electron chi connectivity index (χ2n) is 5.56. The van der Waals surface area contributed by atoms with Crippen molar-refractivity contribution in [2.75, 3.05) is 26.8 Å². The molecule has 1 atom stereocenters. The van der Waals surface area contributed by atoms with Gasteiger partial charge in [0.15, 0.2) is 5.82 Å². The molecule has 0 aromatic carbocycles. The molecule has 0 radical (unpaired) electrons. The van der Waals surface area contributed by atoms with E-state index >= 15 is 0 Å². The Labute approximate surface area is 125 Å². The Hall–Kier alpha value is -1.85. The van der Waals surface area contributed by atoms with E-state index in [1.165, 1.54) is 6.42 Å². The highest BCUT2D eigenvalue weighted by molar-refractivity contribution is 5.47. The predicted molar refractivity (Wildman–Crippen MR) is 80.5 cm³/mol. The second-order valence-corrected chi connectivity index (χ2v) is 5.56. The molecule has 5 heteroatoms. The summed E-state index contributed by atoms with van der Waals surface area (Å²) < 4.78 is 5.41. The van der Waals surface area contributed by atoms with Crippen molar-refractivity contribution in [1.82, 2.24) is 19.9 Å². The second kappa shape index (κ2) is 6.74. The number of ether oxygens (including phenoxy) is 1. The fourth-order valence-electron chi connectivity index (χ4n) is 2.61. The zero-order valence-corrected chi connectivity index (χ0v) is 12.3. The average Bonchev–Trinajstić information content (AvgIpc) is 3.02. The topological polar surface area (TPSA) is 51.1 Å². The Bertz CT molecular complexity index is 552. The summed E-state index contributed by atoms with van der Waals surface area (Å²) in [5, 5.41) is 0. The van der Waals surface area contributed by atoms with E-state index in [9.17, 15) is 0 Å². The Morgan fingerprint density at radius 2 is 2.10 bits per heavy atom. The third kappa shape index (κ3) is 3.83. The van der Waals surface area contributed by atoms with Gasteiger partial charge in [-0.2, -0.15) is 0 Å². The van der Waals surface area contributed by atoms with Crippen LogP contribution in [0.1, 0.15) is 12.0 Å². The summed E-state index contributed by atoms with van der Waals surface area (Å²) in [5.74, 6) is 1.33. The smallest absolute Gasteiger partial charge is 0.178 e. The minimum absolute atomic E-state index is 0.656. The molecule has 0 N–H and O–H groups in total. The first-order valence-electron chi connectivity index (χ1n) is 7.30. The normalized spacial score (nSPS) is 18.3. The molecule has 1 fully saturated rings. The quantitative estimate of drug-likeness (QED) is 0.840. The van der Waals surface area contributed by atoms with Crippen LogP contribution in [-0.2, 0) is 11.3 Å². The Balaban J connectivity index is 1.59. The van der Waals surface area contributed by atoms with E-state index in [1.54, 1.807) is 6.20 Å². The maximum absolute atomic E-state index is 5.41. The van der Waals surface area contributed by atoms with Crippen LogP contribution in [0.3, 0.4) is 0 Å². The van der Waals surface area contributed by atoms with Crippen LogP contribution in [-0.4, -0.2) is 46.7 Å². The van der Waals surface area contributed by atoms with Gasteiger partial charge in [0.1, 0.15) is 5.69 Å². The van der Waals surface area contributed by atoms with Crippen molar-refractivity contribution in [1.29, 1.82) is 0 Å². The molecule has 0 saturated carbocycles. The standard InChI is InChI=1S/C16H20N4O/c1-20(10-13-5-7-21-12-13)11-14-8-18-16(19-9-14)15-4-2-3-6-17-15/h2-4,6,8-9,13H,5,7,10-12H2,1H3/t13-/m1/s1. The van der Waals surface area contributed by atoms with Gasteiger partial charge in [0.2, 0.25) is 0 Å². The van der Waals surface area contributed by atoms with Gasteiger partial charge in [0.25, 0.3) is 0 Å². The number of aromatic nitrogens is 3. The SMILES string of the molecule is CN(Cc1cnc(-c2ccccn2)nc1)C[C@H]1CCOC1. The summed E-state index contributed by atoms with van der Waals surface area (Å²) in [6.45, 7) is 3.71. The zero-order valence-electron chi connectivity index (χ0n) is 12.3. The molecule has 0 unspecified atom stereocenters. The van der Waals surface area contributed by atoms with Crippen LogP contribution in [0.25, 0.3) is 11.5 Å². The maximum atomic E-state index is 5.41. The van der Waals surface area contributed by atoms with Crippen LogP contribution in [0, 0.1) is 5.92 Å². The molecule has 1 aliphatic rings. The third-order valence-corrected chi connectivity index (χ3v) is 3.65. The first-order valence-corrected chi connectivity index (χ1v) is 7.30. The van der Waals surface area contributed by atoms with Crippen molar-refractivity contribution >= 4 is 0 Å². The first kappa shape index (κ1) is 14.1. The van der Waals surface area contributed by atoms with Gasteiger partial charge >= 0.3 is 0 Å². The van der Waals surface area contributed by atoms with Crippen molar-refractivity contribution in [3.63, 3.8) is 0 Å². The largest absolute Gasteiger partial charge is 0.381 e. The minimum Gasteiger partial charge on any atom is -0.381 e. The van der Waals surface area contributed by atoms with Gasteiger partial charge in [0.05, 0.1) is 6.61 Å². The lowest BCUT2D eigenvalue weighted by Crippen LogP contribution is -2.25. The maximum Gasteiger partial charge on any atom is 0.178 e. The van der Waals surface area contributed by atoms with Gasteiger partial charge in [-0.1, -0.05) is 6.07 Å². The molecule has 21 heavy (non-hydrogen) atoms. The molecule has 2 aromatic rings. The van der Waals surface area contributed by atoms with E-state index in [4.69, 9.17) is 4.74 Å². The molecule has 110 valence electrons.